The molecule has 13 heavy (non-hydrogen) atoms. The average Bonchev–Trinajstić information content (AvgIpc) is 1.49. The Kier molecular flexibility index (Phi) is 7.11. The molecule has 0 heterocycles. The van der Waals surface area contributed by atoms with Crippen LogP contribution >= 0.6 is 0 Å². The van der Waals surface area contributed by atoms with Gasteiger partial charge < -0.3 is 0 Å². The topological polar surface area (TPSA) is 68.3 Å². The van der Waals surface area contributed by atoms with Crippen molar-refractivity contribution in [3.8, 4) is 0 Å². The van der Waals surface area contributed by atoms with E-state index in [4.69, 9.17) is 0 Å². The maximum absolute atomic E-state index is 11.8. The van der Waals surface area contributed by atoms with Gasteiger partial charge in [0.05, 0.1) is 0 Å². The van der Waals surface area contributed by atoms with Gasteiger partial charge in [-0.15, -0.1) is 7.77 Å². The summed E-state index contributed by atoms with van der Waals surface area (Å²) in [7, 11) is -9.53. The van der Waals surface area contributed by atoms with Gasteiger partial charge in [-0.05, 0) is 11.5 Å². The van der Waals surface area contributed by atoms with Gasteiger partial charge >= 0.3 is 0 Å². The molecule has 0 unspecified atom stereocenters. The van der Waals surface area contributed by atoms with Gasteiger partial charge in [0.25, 0.3) is 20.4 Å². The summed E-state index contributed by atoms with van der Waals surface area (Å²) in [5.41, 5.74) is 0. The molecule has 77 valence electrons. The minimum absolute atomic E-state index is 0. The molecule has 0 aliphatic carbocycles. The Hall–Kier alpha value is 0.864. The molecule has 4 nitrogen and oxygen atoms in total. The molecule has 0 aliphatic rings. The molecule has 9 heteroatoms. The van der Waals surface area contributed by atoms with Crippen molar-refractivity contribution < 1.29 is 57.3 Å². The minimum Gasteiger partial charge on any atom is -0.282 e. The van der Waals surface area contributed by atoms with E-state index in [1.54, 1.807) is 0 Å². The van der Waals surface area contributed by atoms with E-state index in [-0.39, 0.29) is 38.6 Å². The first kappa shape index (κ1) is 16.3. The fourth-order valence-electron chi connectivity index (χ4n) is 0.630. The molecule has 0 N–H and O–H groups in total. The zero-order chi connectivity index (χ0) is 9.99. The second-order valence-corrected chi connectivity index (χ2v) is 5.06. The third-order valence-corrected chi connectivity index (χ3v) is 2.51. The summed E-state index contributed by atoms with van der Waals surface area (Å²) in [6.07, 6.45) is 0. The maximum atomic E-state index is 11.8. The van der Waals surface area contributed by atoms with Crippen molar-refractivity contribution in [2.24, 2.45) is 0 Å². The van der Waals surface area contributed by atoms with Crippen molar-refractivity contribution in [3.05, 3.63) is 5.92 Å². The van der Waals surface area contributed by atoms with Crippen molar-refractivity contribution in [2.75, 3.05) is 11.5 Å². The number of hydrogen-bond donors (Lipinski definition) is 0. The molecule has 0 saturated heterocycles. The molecule has 0 amide bonds. The third kappa shape index (κ3) is 12.9. The molecule has 0 saturated carbocycles. The van der Waals surface area contributed by atoms with Crippen molar-refractivity contribution >= 4 is 20.4 Å². The summed E-state index contributed by atoms with van der Waals surface area (Å²) in [6.45, 7) is 1.05. The van der Waals surface area contributed by atoms with Crippen LogP contribution in [0.2, 0.25) is 0 Å². The van der Waals surface area contributed by atoms with Crippen LogP contribution < -0.4 is 0 Å². The summed E-state index contributed by atoms with van der Waals surface area (Å²) < 4.78 is 63.4. The molecule has 0 atom stereocenters. The third-order valence-electron chi connectivity index (χ3n) is 0.838. The summed E-state index contributed by atoms with van der Waals surface area (Å²) in [5.74, 6) is -2.41. The van der Waals surface area contributed by atoms with Crippen LogP contribution in [0.5, 0.6) is 0 Å². The largest absolute Gasteiger partial charge is 0.282 e. The Morgan fingerprint density at radius 1 is 1.00 bits per heavy atom. The zero-order valence-corrected chi connectivity index (χ0v) is 11.2. The van der Waals surface area contributed by atoms with Gasteiger partial charge in [0.2, 0.25) is 0 Å². The summed E-state index contributed by atoms with van der Waals surface area (Å²) in [4.78, 5) is 0. The molecule has 0 aliphatic heterocycles. The molecule has 0 aromatic heterocycles. The zero-order valence-electron chi connectivity index (χ0n) is 6.70. The summed E-state index contributed by atoms with van der Waals surface area (Å²) in [6, 6.07) is 0. The van der Waals surface area contributed by atoms with Gasteiger partial charge in [-0.3, -0.25) is 5.92 Å². The van der Waals surface area contributed by atoms with Crippen LogP contribution in [0.1, 0.15) is 6.92 Å². The van der Waals surface area contributed by atoms with Gasteiger partial charge in [-0.25, -0.2) is 0 Å². The molecule has 1 radical (unpaired) electrons. The SMILES string of the molecule is C[C-](CS(=O)(=O)F)CS(=O)(=O)F.[Y]. The predicted octanol–water partition coefficient (Wildman–Crippen LogP) is 0.177. The smallest absolute Gasteiger partial charge is 0.275 e. The Morgan fingerprint density at radius 3 is 1.38 bits per heavy atom. The van der Waals surface area contributed by atoms with Crippen molar-refractivity contribution in [2.45, 2.75) is 6.92 Å². The van der Waals surface area contributed by atoms with Crippen molar-refractivity contribution in [3.63, 3.8) is 0 Å². The van der Waals surface area contributed by atoms with Crippen molar-refractivity contribution in [1.29, 1.82) is 0 Å². The quantitative estimate of drug-likeness (QED) is 0.549. The fraction of sp³-hybridized carbons (Fsp3) is 0.750. The first-order valence-corrected chi connectivity index (χ1v) is 5.86. The van der Waals surface area contributed by atoms with E-state index < -0.39 is 32.0 Å². The monoisotopic (exact) mass is 310 g/mol. The van der Waals surface area contributed by atoms with Gasteiger partial charge in [-0.2, -0.15) is 23.8 Å². The van der Waals surface area contributed by atoms with E-state index in [0.29, 0.717) is 0 Å². The summed E-state index contributed by atoms with van der Waals surface area (Å²) >= 11 is 0. The maximum Gasteiger partial charge on any atom is 0.275 e. The molecule has 0 aromatic carbocycles. The van der Waals surface area contributed by atoms with Gasteiger partial charge in [0.15, 0.2) is 0 Å². The van der Waals surface area contributed by atoms with E-state index in [2.05, 4.69) is 0 Å². The van der Waals surface area contributed by atoms with Crippen LogP contribution in [-0.2, 0) is 53.2 Å². The Labute approximate surface area is 101 Å². The normalized spacial score (nSPS) is 12.6. The van der Waals surface area contributed by atoms with Crippen LogP contribution in [0.15, 0.2) is 0 Å². The second kappa shape index (κ2) is 5.67. The van der Waals surface area contributed by atoms with E-state index in [1.807, 2.05) is 0 Å². The minimum atomic E-state index is -4.76. The van der Waals surface area contributed by atoms with Crippen LogP contribution in [0.25, 0.3) is 0 Å². The molecule has 0 aromatic rings. The first-order valence-electron chi connectivity index (χ1n) is 2.76. The second-order valence-electron chi connectivity index (χ2n) is 2.32. The predicted molar refractivity (Wildman–Crippen MR) is 38.7 cm³/mol. The molecule has 0 rings (SSSR count). The fourth-order valence-corrected chi connectivity index (χ4v) is 2.14. The van der Waals surface area contributed by atoms with Crippen molar-refractivity contribution in [1.82, 2.24) is 0 Å². The summed E-state index contributed by atoms with van der Waals surface area (Å²) in [5, 5.41) is 0. The van der Waals surface area contributed by atoms with Crippen LogP contribution in [-0.4, -0.2) is 28.3 Å². The first-order chi connectivity index (χ1) is 5.10. The van der Waals surface area contributed by atoms with E-state index in [0.717, 1.165) is 6.92 Å². The Balaban J connectivity index is 0. The Bertz CT molecular complexity index is 301. The number of hydrogen-bond acceptors (Lipinski definition) is 4. The Morgan fingerprint density at radius 2 is 1.23 bits per heavy atom. The molecule has 0 spiro atoms. The van der Waals surface area contributed by atoms with E-state index in [1.165, 1.54) is 0 Å². The molecular weight excluding hydrogens is 303 g/mol. The standard InChI is InChI=1S/C4H7F2O4S2.Y/c1-4(2-11(5,7)8)3-12(6,9)10;/h2-3H2,1H3;/q-1;. The van der Waals surface area contributed by atoms with E-state index >= 15 is 0 Å². The van der Waals surface area contributed by atoms with Crippen LogP contribution in [0, 0.1) is 5.92 Å². The molecule has 0 fully saturated rings. The molecular formula is C4H7F2O4S2Y-. The number of rotatable bonds is 4. The van der Waals surface area contributed by atoms with Crippen LogP contribution in [0.4, 0.5) is 7.77 Å². The van der Waals surface area contributed by atoms with Gasteiger partial charge in [-0.1, -0.05) is 0 Å². The van der Waals surface area contributed by atoms with Gasteiger partial charge in [0.1, 0.15) is 0 Å². The van der Waals surface area contributed by atoms with Gasteiger partial charge in [0, 0.05) is 32.7 Å². The van der Waals surface area contributed by atoms with E-state index in [9.17, 15) is 24.6 Å². The average molecular weight is 310 g/mol. The number of halogens is 2. The van der Waals surface area contributed by atoms with Crippen LogP contribution in [0.3, 0.4) is 0 Å². The molecule has 0 bridgehead atoms.